The smallest absolute Gasteiger partial charge is 0.178 e. The molecule has 2 atom stereocenters. The molecule has 3 heterocycles. The number of nitrogens with two attached hydrogens (primary N) is 1. The number of piperidine rings is 1. The standard InChI is InChI=1S/C14H18ClN5O/c1-9-12(17)14(8-21-9)2-4-20(5-3-14)11-7-18-10(6-16)13(15)19-11/h7,9,12H,2-5,8,17H2,1H3/t9-,12+/m0/s1. The fourth-order valence-electron chi connectivity index (χ4n) is 3.24. The van der Waals surface area contributed by atoms with E-state index in [0.717, 1.165) is 38.4 Å². The second kappa shape index (κ2) is 5.41. The van der Waals surface area contributed by atoms with Gasteiger partial charge in [0, 0.05) is 24.5 Å². The van der Waals surface area contributed by atoms with Crippen LogP contribution in [-0.4, -0.2) is 41.8 Å². The average molecular weight is 308 g/mol. The summed E-state index contributed by atoms with van der Waals surface area (Å²) in [5, 5.41) is 8.99. The van der Waals surface area contributed by atoms with Gasteiger partial charge in [-0.05, 0) is 19.8 Å². The molecule has 3 rings (SSSR count). The molecule has 21 heavy (non-hydrogen) atoms. The Morgan fingerprint density at radius 1 is 1.52 bits per heavy atom. The molecule has 1 spiro atoms. The Bertz CT molecular complexity index is 579. The highest BCUT2D eigenvalue weighted by molar-refractivity contribution is 6.30. The summed E-state index contributed by atoms with van der Waals surface area (Å²) in [7, 11) is 0. The molecule has 1 aromatic heterocycles. The molecule has 0 bridgehead atoms. The predicted octanol–water partition coefficient (Wildman–Crippen LogP) is 1.33. The van der Waals surface area contributed by atoms with Crippen molar-refractivity contribution in [2.75, 3.05) is 24.6 Å². The van der Waals surface area contributed by atoms with Crippen LogP contribution in [0.3, 0.4) is 0 Å². The van der Waals surface area contributed by atoms with Crippen molar-refractivity contribution in [1.29, 1.82) is 5.26 Å². The molecule has 1 aromatic rings. The van der Waals surface area contributed by atoms with Crippen molar-refractivity contribution in [3.8, 4) is 6.07 Å². The van der Waals surface area contributed by atoms with Crippen molar-refractivity contribution in [2.45, 2.75) is 31.9 Å². The molecule has 0 radical (unpaired) electrons. The van der Waals surface area contributed by atoms with Gasteiger partial charge < -0.3 is 15.4 Å². The van der Waals surface area contributed by atoms with E-state index in [-0.39, 0.29) is 28.4 Å². The molecular weight excluding hydrogens is 290 g/mol. The lowest BCUT2D eigenvalue weighted by molar-refractivity contribution is 0.0974. The highest BCUT2D eigenvalue weighted by Gasteiger charge is 2.47. The number of nitriles is 1. The van der Waals surface area contributed by atoms with Crippen molar-refractivity contribution in [2.24, 2.45) is 11.1 Å². The molecule has 2 N–H and O–H groups in total. The largest absolute Gasteiger partial charge is 0.376 e. The van der Waals surface area contributed by atoms with Gasteiger partial charge in [0.2, 0.25) is 0 Å². The number of ether oxygens (including phenoxy) is 1. The van der Waals surface area contributed by atoms with Crippen LogP contribution in [0, 0.1) is 16.7 Å². The van der Waals surface area contributed by atoms with Gasteiger partial charge in [0.15, 0.2) is 10.8 Å². The number of hydrogen-bond acceptors (Lipinski definition) is 6. The minimum atomic E-state index is 0.0831. The number of aromatic nitrogens is 2. The maximum Gasteiger partial charge on any atom is 0.178 e. The monoisotopic (exact) mass is 307 g/mol. The van der Waals surface area contributed by atoms with Crippen molar-refractivity contribution >= 4 is 17.4 Å². The molecule has 2 aliphatic rings. The van der Waals surface area contributed by atoms with E-state index in [9.17, 15) is 0 Å². The molecule has 7 heteroatoms. The Morgan fingerprint density at radius 2 is 2.24 bits per heavy atom. The zero-order chi connectivity index (χ0) is 15.0. The predicted molar refractivity (Wildman–Crippen MR) is 79.0 cm³/mol. The molecule has 0 aliphatic carbocycles. The second-order valence-electron chi connectivity index (χ2n) is 5.87. The van der Waals surface area contributed by atoms with E-state index >= 15 is 0 Å². The molecule has 6 nitrogen and oxygen atoms in total. The fourth-order valence-corrected chi connectivity index (χ4v) is 3.42. The minimum Gasteiger partial charge on any atom is -0.376 e. The first-order valence-corrected chi connectivity index (χ1v) is 7.48. The lowest BCUT2D eigenvalue weighted by atomic mass is 9.73. The second-order valence-corrected chi connectivity index (χ2v) is 6.23. The van der Waals surface area contributed by atoms with Crippen LogP contribution >= 0.6 is 11.6 Å². The van der Waals surface area contributed by atoms with E-state index < -0.39 is 0 Å². The minimum absolute atomic E-state index is 0.0831. The maximum absolute atomic E-state index is 8.83. The third-order valence-corrected chi connectivity index (χ3v) is 5.02. The van der Waals surface area contributed by atoms with Crippen LogP contribution in [0.4, 0.5) is 5.82 Å². The molecule has 112 valence electrons. The van der Waals surface area contributed by atoms with E-state index in [2.05, 4.69) is 14.9 Å². The first-order valence-electron chi connectivity index (χ1n) is 7.10. The zero-order valence-corrected chi connectivity index (χ0v) is 12.7. The quantitative estimate of drug-likeness (QED) is 0.842. The van der Waals surface area contributed by atoms with Gasteiger partial charge in [-0.3, -0.25) is 0 Å². The summed E-state index contributed by atoms with van der Waals surface area (Å²) < 4.78 is 5.72. The van der Waals surface area contributed by atoms with Crippen molar-refractivity contribution in [3.63, 3.8) is 0 Å². The summed E-state index contributed by atoms with van der Waals surface area (Å²) in [6.45, 7) is 4.47. The molecule has 2 fully saturated rings. The zero-order valence-electron chi connectivity index (χ0n) is 11.9. The lowest BCUT2D eigenvalue weighted by Crippen LogP contribution is -2.50. The van der Waals surface area contributed by atoms with Gasteiger partial charge in [-0.25, -0.2) is 9.97 Å². The van der Waals surface area contributed by atoms with Gasteiger partial charge in [0.25, 0.3) is 0 Å². The van der Waals surface area contributed by atoms with Gasteiger partial charge in [-0.15, -0.1) is 0 Å². The topological polar surface area (TPSA) is 88.1 Å². The molecule has 0 saturated carbocycles. The first-order chi connectivity index (χ1) is 10.1. The van der Waals surface area contributed by atoms with Crippen LogP contribution in [-0.2, 0) is 4.74 Å². The number of rotatable bonds is 1. The Kier molecular flexibility index (Phi) is 3.74. The highest BCUT2D eigenvalue weighted by atomic mass is 35.5. The lowest BCUT2D eigenvalue weighted by Gasteiger charge is -2.41. The van der Waals surface area contributed by atoms with Gasteiger partial charge in [-0.1, -0.05) is 11.6 Å². The number of hydrogen-bond donors (Lipinski definition) is 1. The van der Waals surface area contributed by atoms with Crippen molar-refractivity contribution < 1.29 is 4.74 Å². The fraction of sp³-hybridized carbons (Fsp3) is 0.643. The normalized spacial score (nSPS) is 27.8. The number of nitrogens with zero attached hydrogens (tertiary/aromatic N) is 4. The summed E-state index contributed by atoms with van der Waals surface area (Å²) >= 11 is 5.95. The summed E-state index contributed by atoms with van der Waals surface area (Å²) in [4.78, 5) is 10.4. The van der Waals surface area contributed by atoms with Crippen molar-refractivity contribution in [1.82, 2.24) is 9.97 Å². The van der Waals surface area contributed by atoms with E-state index in [4.69, 9.17) is 27.3 Å². The van der Waals surface area contributed by atoms with Gasteiger partial charge in [0.1, 0.15) is 11.9 Å². The number of halogens is 1. The number of anilines is 1. The van der Waals surface area contributed by atoms with Crippen molar-refractivity contribution in [3.05, 3.63) is 17.0 Å². The van der Waals surface area contributed by atoms with Gasteiger partial charge in [-0.2, -0.15) is 5.26 Å². The van der Waals surface area contributed by atoms with Crippen LogP contribution in [0.1, 0.15) is 25.5 Å². The van der Waals surface area contributed by atoms with Crippen LogP contribution in [0.15, 0.2) is 6.20 Å². The maximum atomic E-state index is 8.83. The summed E-state index contributed by atoms with van der Waals surface area (Å²) in [6.07, 6.45) is 3.67. The van der Waals surface area contributed by atoms with E-state index in [1.54, 1.807) is 6.20 Å². The van der Waals surface area contributed by atoms with Crippen LogP contribution in [0.2, 0.25) is 5.15 Å². The van der Waals surface area contributed by atoms with Crippen LogP contribution < -0.4 is 10.6 Å². The highest BCUT2D eigenvalue weighted by Crippen LogP contribution is 2.41. The first kappa shape index (κ1) is 14.5. The molecular formula is C14H18ClN5O. The Morgan fingerprint density at radius 3 is 2.76 bits per heavy atom. The average Bonchev–Trinajstić information content (AvgIpc) is 2.77. The van der Waals surface area contributed by atoms with Gasteiger partial charge >= 0.3 is 0 Å². The molecule has 0 aromatic carbocycles. The molecule has 0 amide bonds. The third kappa shape index (κ3) is 2.46. The summed E-state index contributed by atoms with van der Waals surface area (Å²) in [5.74, 6) is 0.717. The van der Waals surface area contributed by atoms with E-state index in [1.807, 2.05) is 13.0 Å². The SMILES string of the molecule is C[C@@H]1OCC2(CCN(c3cnc(C#N)c(Cl)n3)CC2)[C@@H]1N. The summed E-state index contributed by atoms with van der Waals surface area (Å²) in [6, 6.07) is 2.01. The van der Waals surface area contributed by atoms with Crippen LogP contribution in [0.25, 0.3) is 0 Å². The summed E-state index contributed by atoms with van der Waals surface area (Å²) in [5.41, 5.74) is 6.55. The van der Waals surface area contributed by atoms with E-state index in [1.165, 1.54) is 0 Å². The molecule has 2 saturated heterocycles. The Labute approximate surface area is 128 Å². The molecule has 2 aliphatic heterocycles. The van der Waals surface area contributed by atoms with Gasteiger partial charge in [0.05, 0.1) is 18.9 Å². The molecule has 0 unspecified atom stereocenters. The van der Waals surface area contributed by atoms with E-state index in [0.29, 0.717) is 0 Å². The Hall–Kier alpha value is -1.42. The third-order valence-electron chi connectivity index (χ3n) is 4.75. The van der Waals surface area contributed by atoms with Crippen LogP contribution in [0.5, 0.6) is 0 Å². The Balaban J connectivity index is 1.72.